The molecule has 0 spiro atoms. The lowest BCUT2D eigenvalue weighted by atomic mass is 10.1. The maximum atomic E-state index is 12.2. The average Bonchev–Trinajstić information content (AvgIpc) is 2.25. The van der Waals surface area contributed by atoms with Crippen LogP contribution in [0.25, 0.3) is 6.08 Å². The van der Waals surface area contributed by atoms with Crippen LogP contribution in [0.2, 0.25) is 0 Å². The maximum absolute atomic E-state index is 12.2. The zero-order valence-electron chi connectivity index (χ0n) is 8.49. The smallest absolute Gasteiger partial charge is 0.363 e. The van der Waals surface area contributed by atoms with Gasteiger partial charge in [-0.05, 0) is 23.8 Å². The molecule has 17 heavy (non-hydrogen) atoms. The first-order chi connectivity index (χ1) is 7.80. The van der Waals surface area contributed by atoms with E-state index in [1.165, 1.54) is 18.2 Å². The number of carbonyl (C=O) groups excluding carboxylic acids is 2. The van der Waals surface area contributed by atoms with Crippen LogP contribution >= 0.6 is 0 Å². The second-order valence-corrected chi connectivity index (χ2v) is 3.18. The molecule has 1 amide bonds. The predicted molar refractivity (Wildman–Crippen MR) is 54.7 cm³/mol. The Hall–Kier alpha value is -2.11. The van der Waals surface area contributed by atoms with Gasteiger partial charge in [-0.3, -0.25) is 9.59 Å². The highest BCUT2D eigenvalue weighted by Gasteiger charge is 2.29. The highest BCUT2D eigenvalue weighted by molar-refractivity contribution is 6.40. The Bertz CT molecular complexity index is 461. The third kappa shape index (κ3) is 3.75. The summed E-state index contributed by atoms with van der Waals surface area (Å²) in [6.07, 6.45) is -2.27. The van der Waals surface area contributed by atoms with Crippen LogP contribution in [-0.4, -0.2) is 11.7 Å². The molecule has 3 nitrogen and oxygen atoms in total. The monoisotopic (exact) mass is 243 g/mol. The molecule has 0 fully saturated rings. The van der Waals surface area contributed by atoms with E-state index in [2.05, 4.69) is 0 Å². The Labute approximate surface area is 94.7 Å². The summed E-state index contributed by atoms with van der Waals surface area (Å²) in [4.78, 5) is 21.2. The number of hydrogen-bond acceptors (Lipinski definition) is 2. The summed E-state index contributed by atoms with van der Waals surface area (Å²) in [7, 11) is 0. The lowest BCUT2D eigenvalue weighted by molar-refractivity contribution is -0.137. The molecule has 0 aliphatic carbocycles. The number of ketones is 1. The number of carbonyl (C=O) groups is 2. The molecule has 1 rings (SSSR count). The van der Waals surface area contributed by atoms with Crippen LogP contribution in [-0.2, 0) is 15.8 Å². The third-order valence-electron chi connectivity index (χ3n) is 1.91. The van der Waals surface area contributed by atoms with E-state index >= 15 is 0 Å². The van der Waals surface area contributed by atoms with Crippen molar-refractivity contribution >= 4 is 17.8 Å². The summed E-state index contributed by atoms with van der Waals surface area (Å²) >= 11 is 0. The van der Waals surface area contributed by atoms with Crippen LogP contribution in [0.5, 0.6) is 0 Å². The van der Waals surface area contributed by atoms with E-state index < -0.39 is 23.4 Å². The van der Waals surface area contributed by atoms with Crippen molar-refractivity contribution in [3.05, 3.63) is 41.5 Å². The molecule has 0 saturated carbocycles. The topological polar surface area (TPSA) is 60.2 Å². The molecule has 2 N–H and O–H groups in total. The summed E-state index contributed by atoms with van der Waals surface area (Å²) in [5, 5.41) is 0. The van der Waals surface area contributed by atoms with Crippen LogP contribution in [0.3, 0.4) is 0 Å². The van der Waals surface area contributed by atoms with Crippen LogP contribution in [0.1, 0.15) is 11.1 Å². The standard InChI is InChI=1S/C11H8F3NO2/c12-11(13,14)8-4-1-7(2-5-8)3-6-9(16)10(15)17/h1-6H,(H2,15,17)/b6-3+. The normalized spacial score (nSPS) is 11.7. The minimum Gasteiger partial charge on any atom is -0.363 e. The molecular formula is C11H8F3NO2. The van der Waals surface area contributed by atoms with Gasteiger partial charge in [0.05, 0.1) is 5.56 Å². The summed E-state index contributed by atoms with van der Waals surface area (Å²) in [6.45, 7) is 0. The van der Waals surface area contributed by atoms with E-state index in [1.807, 2.05) is 0 Å². The van der Waals surface area contributed by atoms with Crippen molar-refractivity contribution in [3.63, 3.8) is 0 Å². The number of amides is 1. The molecule has 0 radical (unpaired) electrons. The van der Waals surface area contributed by atoms with Gasteiger partial charge in [0.1, 0.15) is 0 Å². The molecule has 0 bridgehead atoms. The molecule has 0 aromatic heterocycles. The molecule has 0 unspecified atom stereocenters. The number of hydrogen-bond donors (Lipinski definition) is 1. The van der Waals surface area contributed by atoms with E-state index in [1.54, 1.807) is 0 Å². The van der Waals surface area contributed by atoms with Gasteiger partial charge in [0.2, 0.25) is 5.78 Å². The fraction of sp³-hybridized carbons (Fsp3) is 0.0909. The first-order valence-corrected chi connectivity index (χ1v) is 4.50. The van der Waals surface area contributed by atoms with Gasteiger partial charge >= 0.3 is 6.18 Å². The fourth-order valence-electron chi connectivity index (χ4n) is 1.04. The van der Waals surface area contributed by atoms with Gasteiger partial charge in [0.15, 0.2) is 0 Å². The molecule has 0 heterocycles. The second kappa shape index (κ2) is 4.82. The van der Waals surface area contributed by atoms with Crippen LogP contribution < -0.4 is 5.73 Å². The summed E-state index contributed by atoms with van der Waals surface area (Å²) in [5.74, 6) is -2.03. The van der Waals surface area contributed by atoms with E-state index in [0.29, 0.717) is 5.56 Å². The van der Waals surface area contributed by atoms with Crippen molar-refractivity contribution in [1.82, 2.24) is 0 Å². The molecule has 1 aromatic rings. The Morgan fingerprint density at radius 3 is 2.06 bits per heavy atom. The van der Waals surface area contributed by atoms with Crippen molar-refractivity contribution in [2.45, 2.75) is 6.18 Å². The first-order valence-electron chi connectivity index (χ1n) is 4.50. The Morgan fingerprint density at radius 1 is 1.12 bits per heavy atom. The molecule has 6 heteroatoms. The maximum Gasteiger partial charge on any atom is 0.416 e. The van der Waals surface area contributed by atoms with E-state index in [0.717, 1.165) is 18.2 Å². The molecule has 90 valence electrons. The summed E-state index contributed by atoms with van der Waals surface area (Å²) in [5.41, 5.74) is 4.28. The number of rotatable bonds is 3. The zero-order chi connectivity index (χ0) is 13.1. The molecular weight excluding hydrogens is 235 g/mol. The Kier molecular flexibility index (Phi) is 3.67. The largest absolute Gasteiger partial charge is 0.416 e. The van der Waals surface area contributed by atoms with Crippen molar-refractivity contribution in [2.24, 2.45) is 5.73 Å². The van der Waals surface area contributed by atoms with Gasteiger partial charge in [-0.25, -0.2) is 0 Å². The lowest BCUT2D eigenvalue weighted by Crippen LogP contribution is -2.20. The number of alkyl halides is 3. The van der Waals surface area contributed by atoms with E-state index in [-0.39, 0.29) is 0 Å². The number of primary amides is 1. The van der Waals surface area contributed by atoms with Gasteiger partial charge < -0.3 is 5.73 Å². The molecule has 0 aliphatic heterocycles. The summed E-state index contributed by atoms with van der Waals surface area (Å²) < 4.78 is 36.6. The van der Waals surface area contributed by atoms with Gasteiger partial charge in [0.25, 0.3) is 5.91 Å². The predicted octanol–water partition coefficient (Wildman–Crippen LogP) is 1.77. The number of benzene rings is 1. The minimum absolute atomic E-state index is 0.368. The highest BCUT2D eigenvalue weighted by Crippen LogP contribution is 2.29. The van der Waals surface area contributed by atoms with Crippen LogP contribution in [0.15, 0.2) is 30.3 Å². The van der Waals surface area contributed by atoms with Gasteiger partial charge in [-0.15, -0.1) is 0 Å². The van der Waals surface area contributed by atoms with Crippen LogP contribution in [0, 0.1) is 0 Å². The number of halogens is 3. The summed E-state index contributed by atoms with van der Waals surface area (Å²) in [6, 6.07) is 4.14. The van der Waals surface area contributed by atoms with Crippen molar-refractivity contribution in [2.75, 3.05) is 0 Å². The Morgan fingerprint density at radius 2 is 1.65 bits per heavy atom. The number of nitrogens with two attached hydrogens (primary N) is 1. The molecule has 0 aliphatic rings. The second-order valence-electron chi connectivity index (χ2n) is 3.18. The Balaban J connectivity index is 2.83. The van der Waals surface area contributed by atoms with Gasteiger partial charge in [-0.1, -0.05) is 18.2 Å². The SMILES string of the molecule is NC(=O)C(=O)/C=C/c1ccc(C(F)(F)F)cc1. The zero-order valence-corrected chi connectivity index (χ0v) is 8.49. The average molecular weight is 243 g/mol. The molecule has 0 atom stereocenters. The van der Waals surface area contributed by atoms with Crippen LogP contribution in [0.4, 0.5) is 13.2 Å². The molecule has 0 saturated heterocycles. The van der Waals surface area contributed by atoms with Gasteiger partial charge in [0, 0.05) is 0 Å². The molecule has 1 aromatic carbocycles. The third-order valence-corrected chi connectivity index (χ3v) is 1.91. The van der Waals surface area contributed by atoms with Crippen molar-refractivity contribution in [3.8, 4) is 0 Å². The van der Waals surface area contributed by atoms with E-state index in [4.69, 9.17) is 5.73 Å². The van der Waals surface area contributed by atoms with Crippen molar-refractivity contribution < 1.29 is 22.8 Å². The lowest BCUT2D eigenvalue weighted by Gasteiger charge is -2.05. The van der Waals surface area contributed by atoms with Crippen molar-refractivity contribution in [1.29, 1.82) is 0 Å². The quantitative estimate of drug-likeness (QED) is 0.649. The first kappa shape index (κ1) is 13.0. The fourth-order valence-corrected chi connectivity index (χ4v) is 1.04. The highest BCUT2D eigenvalue weighted by atomic mass is 19.4. The minimum atomic E-state index is -4.40. The van der Waals surface area contributed by atoms with Gasteiger partial charge in [-0.2, -0.15) is 13.2 Å². The van der Waals surface area contributed by atoms with E-state index in [9.17, 15) is 22.8 Å².